The molecule has 1 N–H and O–H groups in total. The molecule has 0 atom stereocenters. The van der Waals surface area contributed by atoms with Gasteiger partial charge < -0.3 is 10.1 Å². The lowest BCUT2D eigenvalue weighted by Crippen LogP contribution is -2.31. The summed E-state index contributed by atoms with van der Waals surface area (Å²) in [7, 11) is 0. The summed E-state index contributed by atoms with van der Waals surface area (Å²) in [4.78, 5) is 0. The third kappa shape index (κ3) is 5.36. The van der Waals surface area contributed by atoms with Crippen molar-refractivity contribution in [1.82, 2.24) is 5.32 Å². The monoisotopic (exact) mass is 329 g/mol. The molecule has 0 aliphatic heterocycles. The number of aryl methyl sites for hydroxylation is 1. The molecule has 0 saturated heterocycles. The lowest BCUT2D eigenvalue weighted by molar-refractivity contribution is 0.313. The number of rotatable bonds is 8. The topological polar surface area (TPSA) is 21.3 Å². The van der Waals surface area contributed by atoms with E-state index in [2.05, 4.69) is 19.2 Å². The van der Waals surface area contributed by atoms with E-state index in [1.54, 1.807) is 0 Å². The molecule has 4 heteroatoms. The van der Waals surface area contributed by atoms with Crippen LogP contribution in [-0.4, -0.2) is 19.2 Å². The summed E-state index contributed by atoms with van der Waals surface area (Å²) in [5.74, 6) is 0.669. The molecule has 118 valence electrons. The minimum Gasteiger partial charge on any atom is -0.492 e. The third-order valence-corrected chi connectivity index (χ3v) is 4.57. The number of nitrogens with one attached hydrogen (secondary N) is 1. The Bertz CT molecular complexity index is 484. The average Bonchev–Trinajstić information content (AvgIpc) is 3.23. The Balaban J connectivity index is 1.93. The minimum absolute atomic E-state index is 0.261. The summed E-state index contributed by atoms with van der Waals surface area (Å²) in [5, 5.41) is 4.99. The standard InChI is InChI=1S/C17H25Cl2NO/c1-4-21-16-10-14(18)12(9-15(16)19)7-8-17(2,3)11-20-13-5-6-13/h9-10,13,20H,4-8,11H2,1-3H3. The SMILES string of the molecule is CCOc1cc(Cl)c(CCC(C)(C)CNC2CC2)cc1Cl. The fraction of sp³-hybridized carbons (Fsp3) is 0.647. The highest BCUT2D eigenvalue weighted by Crippen LogP contribution is 2.33. The van der Waals surface area contributed by atoms with Crippen molar-refractivity contribution < 1.29 is 4.74 Å². The summed E-state index contributed by atoms with van der Waals surface area (Å²) in [6, 6.07) is 4.53. The molecule has 1 fully saturated rings. The second kappa shape index (κ2) is 7.21. The highest BCUT2D eigenvalue weighted by Gasteiger charge is 2.25. The summed E-state index contributed by atoms with van der Waals surface area (Å²) >= 11 is 12.6. The van der Waals surface area contributed by atoms with Gasteiger partial charge in [-0.15, -0.1) is 0 Å². The predicted molar refractivity (Wildman–Crippen MR) is 90.8 cm³/mol. The van der Waals surface area contributed by atoms with Gasteiger partial charge in [-0.3, -0.25) is 0 Å². The van der Waals surface area contributed by atoms with Crippen molar-refractivity contribution in [3.8, 4) is 5.75 Å². The average molecular weight is 330 g/mol. The van der Waals surface area contributed by atoms with Gasteiger partial charge >= 0.3 is 0 Å². The number of benzene rings is 1. The van der Waals surface area contributed by atoms with Crippen molar-refractivity contribution in [2.75, 3.05) is 13.2 Å². The van der Waals surface area contributed by atoms with Crippen LogP contribution in [0, 0.1) is 5.41 Å². The van der Waals surface area contributed by atoms with Crippen LogP contribution < -0.4 is 10.1 Å². The molecule has 0 bridgehead atoms. The van der Waals surface area contributed by atoms with Gasteiger partial charge in [-0.25, -0.2) is 0 Å². The highest BCUT2D eigenvalue weighted by molar-refractivity contribution is 6.34. The maximum absolute atomic E-state index is 6.35. The van der Waals surface area contributed by atoms with Crippen LogP contribution >= 0.6 is 23.2 Å². The molecule has 1 aromatic rings. The molecule has 1 saturated carbocycles. The molecule has 0 spiro atoms. The van der Waals surface area contributed by atoms with Crippen molar-refractivity contribution in [2.45, 2.75) is 52.5 Å². The number of halogens is 2. The van der Waals surface area contributed by atoms with Gasteiger partial charge in [0.05, 0.1) is 11.6 Å². The Hall–Kier alpha value is -0.440. The minimum atomic E-state index is 0.261. The summed E-state index contributed by atoms with van der Waals surface area (Å²) < 4.78 is 5.46. The van der Waals surface area contributed by atoms with Crippen LogP contribution in [0.3, 0.4) is 0 Å². The molecule has 2 nitrogen and oxygen atoms in total. The maximum Gasteiger partial charge on any atom is 0.139 e. The van der Waals surface area contributed by atoms with Crippen LogP contribution in [0.1, 0.15) is 45.6 Å². The molecule has 1 aliphatic carbocycles. The van der Waals surface area contributed by atoms with E-state index >= 15 is 0 Å². The highest BCUT2D eigenvalue weighted by atomic mass is 35.5. The molecular formula is C17H25Cl2NO. The first-order chi connectivity index (χ1) is 9.91. The number of hydrogen-bond acceptors (Lipinski definition) is 2. The molecule has 21 heavy (non-hydrogen) atoms. The normalized spacial score (nSPS) is 15.3. The maximum atomic E-state index is 6.35. The summed E-state index contributed by atoms with van der Waals surface area (Å²) in [6.45, 7) is 8.18. The zero-order valence-corrected chi connectivity index (χ0v) is 14.7. The Morgan fingerprint density at radius 1 is 1.24 bits per heavy atom. The second-order valence-electron chi connectivity index (χ2n) is 6.63. The largest absolute Gasteiger partial charge is 0.492 e. The Kier molecular flexibility index (Phi) is 5.81. The van der Waals surface area contributed by atoms with Gasteiger partial charge in [-0.1, -0.05) is 37.0 Å². The van der Waals surface area contributed by atoms with Crippen molar-refractivity contribution in [3.63, 3.8) is 0 Å². The lowest BCUT2D eigenvalue weighted by atomic mass is 9.86. The van der Waals surface area contributed by atoms with Crippen LogP contribution in [0.2, 0.25) is 10.0 Å². The van der Waals surface area contributed by atoms with Crippen LogP contribution in [0.5, 0.6) is 5.75 Å². The first-order valence-electron chi connectivity index (χ1n) is 7.75. The van der Waals surface area contributed by atoms with Crippen LogP contribution in [0.25, 0.3) is 0 Å². The van der Waals surface area contributed by atoms with Gasteiger partial charge in [0.2, 0.25) is 0 Å². The quantitative estimate of drug-likeness (QED) is 0.716. The molecule has 2 rings (SSSR count). The zero-order chi connectivity index (χ0) is 15.5. The zero-order valence-electron chi connectivity index (χ0n) is 13.1. The van der Waals surface area contributed by atoms with Gasteiger partial charge in [0, 0.05) is 23.7 Å². The number of ether oxygens (including phenoxy) is 1. The lowest BCUT2D eigenvalue weighted by Gasteiger charge is -2.25. The summed E-state index contributed by atoms with van der Waals surface area (Å²) in [6.07, 6.45) is 4.67. The van der Waals surface area contributed by atoms with E-state index < -0.39 is 0 Å². The van der Waals surface area contributed by atoms with E-state index in [4.69, 9.17) is 27.9 Å². The van der Waals surface area contributed by atoms with E-state index in [9.17, 15) is 0 Å². The fourth-order valence-corrected chi connectivity index (χ4v) is 2.79. The van der Waals surface area contributed by atoms with Gasteiger partial charge in [0.15, 0.2) is 0 Å². The summed E-state index contributed by atoms with van der Waals surface area (Å²) in [5.41, 5.74) is 1.36. The first-order valence-corrected chi connectivity index (χ1v) is 8.51. The Labute approximate surface area is 138 Å². The van der Waals surface area contributed by atoms with E-state index in [0.29, 0.717) is 17.4 Å². The van der Waals surface area contributed by atoms with Crippen LogP contribution in [-0.2, 0) is 6.42 Å². The predicted octanol–water partition coefficient (Wildman–Crippen LogP) is 5.10. The molecule has 1 aromatic carbocycles. The smallest absolute Gasteiger partial charge is 0.139 e. The van der Waals surface area contributed by atoms with Crippen molar-refractivity contribution in [3.05, 3.63) is 27.7 Å². The van der Waals surface area contributed by atoms with Crippen molar-refractivity contribution >= 4 is 23.2 Å². The van der Waals surface area contributed by atoms with E-state index in [1.807, 2.05) is 19.1 Å². The Morgan fingerprint density at radius 2 is 1.95 bits per heavy atom. The van der Waals surface area contributed by atoms with Gasteiger partial charge in [0.1, 0.15) is 5.75 Å². The van der Waals surface area contributed by atoms with Crippen molar-refractivity contribution in [1.29, 1.82) is 0 Å². The van der Waals surface area contributed by atoms with E-state index in [0.717, 1.165) is 36.0 Å². The van der Waals surface area contributed by atoms with E-state index in [1.165, 1.54) is 12.8 Å². The van der Waals surface area contributed by atoms with Crippen LogP contribution in [0.15, 0.2) is 12.1 Å². The molecule has 1 aliphatic rings. The molecular weight excluding hydrogens is 305 g/mol. The molecule has 0 heterocycles. The molecule has 0 unspecified atom stereocenters. The van der Waals surface area contributed by atoms with E-state index in [-0.39, 0.29) is 5.41 Å². The fourth-order valence-electron chi connectivity index (χ4n) is 2.30. The van der Waals surface area contributed by atoms with Gasteiger partial charge in [-0.2, -0.15) is 0 Å². The van der Waals surface area contributed by atoms with Crippen LogP contribution in [0.4, 0.5) is 0 Å². The molecule has 0 amide bonds. The van der Waals surface area contributed by atoms with Crippen molar-refractivity contribution in [2.24, 2.45) is 5.41 Å². The van der Waals surface area contributed by atoms with Gasteiger partial charge in [-0.05, 0) is 49.7 Å². The number of hydrogen-bond donors (Lipinski definition) is 1. The first kappa shape index (κ1) is 16.9. The molecule has 0 aromatic heterocycles. The Morgan fingerprint density at radius 3 is 2.57 bits per heavy atom. The second-order valence-corrected chi connectivity index (χ2v) is 7.44. The van der Waals surface area contributed by atoms with Gasteiger partial charge in [0.25, 0.3) is 0 Å². The molecule has 0 radical (unpaired) electrons. The third-order valence-electron chi connectivity index (χ3n) is 3.92.